The lowest BCUT2D eigenvalue weighted by Crippen LogP contribution is -2.17. The third-order valence-electron chi connectivity index (χ3n) is 3.74. The molecule has 0 saturated heterocycles. The molecule has 1 aromatic rings. The molecule has 1 aromatic heterocycles. The Balaban J connectivity index is 1.64. The van der Waals surface area contributed by atoms with Gasteiger partial charge in [0.15, 0.2) is 0 Å². The lowest BCUT2D eigenvalue weighted by Gasteiger charge is -2.16. The number of nitrogens with one attached hydrogen (secondary N) is 1. The normalized spacial score (nSPS) is 22.5. The lowest BCUT2D eigenvalue weighted by atomic mass is 10.0. The Morgan fingerprint density at radius 3 is 2.87 bits per heavy atom. The van der Waals surface area contributed by atoms with E-state index in [1.54, 1.807) is 12.4 Å². The molecule has 0 atom stereocenters. The molecule has 2 fully saturated rings. The highest BCUT2D eigenvalue weighted by Gasteiger charge is 2.53. The van der Waals surface area contributed by atoms with Crippen molar-refractivity contribution in [2.75, 3.05) is 11.9 Å². The molecule has 0 aromatic carbocycles. The summed E-state index contributed by atoms with van der Waals surface area (Å²) in [6.45, 7) is 1.08. The number of hydrogen-bond donors (Lipinski definition) is 1. The molecule has 0 aliphatic heterocycles. The quantitative estimate of drug-likeness (QED) is 0.845. The van der Waals surface area contributed by atoms with E-state index in [0.717, 1.165) is 23.2 Å². The average Bonchev–Trinajstić information content (AvgIpc) is 3.10. The third kappa shape index (κ3) is 1.83. The van der Waals surface area contributed by atoms with Gasteiger partial charge in [-0.3, -0.25) is 4.98 Å². The summed E-state index contributed by atoms with van der Waals surface area (Å²) in [6.07, 6.45) is 9.14. The topological polar surface area (TPSA) is 24.9 Å². The first-order chi connectivity index (χ1) is 7.30. The van der Waals surface area contributed by atoms with Crippen LogP contribution in [0, 0.1) is 11.3 Å². The molecule has 2 aliphatic rings. The van der Waals surface area contributed by atoms with Gasteiger partial charge in [-0.15, -0.1) is 0 Å². The van der Waals surface area contributed by atoms with Crippen LogP contribution >= 0.6 is 11.6 Å². The van der Waals surface area contributed by atoms with E-state index < -0.39 is 0 Å². The van der Waals surface area contributed by atoms with Gasteiger partial charge in [-0.1, -0.05) is 11.6 Å². The Bertz CT molecular complexity index is 370. The number of aromatic nitrogens is 1. The minimum Gasteiger partial charge on any atom is -0.383 e. The lowest BCUT2D eigenvalue weighted by molar-refractivity contribution is 0.467. The zero-order chi connectivity index (χ0) is 10.3. The maximum Gasteiger partial charge on any atom is 0.0820 e. The van der Waals surface area contributed by atoms with Crippen LogP contribution in [-0.2, 0) is 0 Å². The third-order valence-corrected chi connectivity index (χ3v) is 4.04. The van der Waals surface area contributed by atoms with Crippen LogP contribution in [0.5, 0.6) is 0 Å². The van der Waals surface area contributed by atoms with E-state index in [1.807, 2.05) is 6.07 Å². The van der Waals surface area contributed by atoms with Crippen LogP contribution in [0.4, 0.5) is 5.69 Å². The van der Waals surface area contributed by atoms with Crippen LogP contribution in [0.1, 0.15) is 25.7 Å². The van der Waals surface area contributed by atoms with Crippen LogP contribution in [-0.4, -0.2) is 11.5 Å². The molecule has 2 nitrogen and oxygen atoms in total. The average molecular weight is 223 g/mol. The summed E-state index contributed by atoms with van der Waals surface area (Å²) >= 11 is 6.04. The molecule has 15 heavy (non-hydrogen) atoms. The van der Waals surface area contributed by atoms with Crippen LogP contribution in [0.2, 0.25) is 5.02 Å². The van der Waals surface area contributed by atoms with Crippen LogP contribution in [0.15, 0.2) is 18.5 Å². The molecule has 80 valence electrons. The second-order valence-corrected chi connectivity index (χ2v) is 5.25. The van der Waals surface area contributed by atoms with Crippen molar-refractivity contribution in [3.8, 4) is 0 Å². The number of anilines is 1. The van der Waals surface area contributed by atoms with Crippen LogP contribution in [0.3, 0.4) is 0 Å². The van der Waals surface area contributed by atoms with Gasteiger partial charge in [0.05, 0.1) is 10.7 Å². The summed E-state index contributed by atoms with van der Waals surface area (Å²) in [5.41, 5.74) is 1.64. The summed E-state index contributed by atoms with van der Waals surface area (Å²) < 4.78 is 0. The molecule has 2 saturated carbocycles. The summed E-state index contributed by atoms with van der Waals surface area (Å²) in [6, 6.07) is 1.95. The standard InChI is InChI=1S/C12H15ClN2/c13-10-7-14-6-3-11(10)15-8-12(4-5-12)9-1-2-9/h3,6-7,9H,1-2,4-5,8H2,(H,14,15). The van der Waals surface area contributed by atoms with Crippen molar-refractivity contribution in [2.45, 2.75) is 25.7 Å². The van der Waals surface area contributed by atoms with Crippen molar-refractivity contribution in [1.82, 2.24) is 4.98 Å². The highest BCUT2D eigenvalue weighted by Crippen LogP contribution is 2.61. The second-order valence-electron chi connectivity index (χ2n) is 4.85. The Morgan fingerprint density at radius 2 is 2.27 bits per heavy atom. The van der Waals surface area contributed by atoms with Gasteiger partial charge < -0.3 is 5.32 Å². The Kier molecular flexibility index (Phi) is 2.13. The van der Waals surface area contributed by atoms with E-state index in [-0.39, 0.29) is 0 Å². The first kappa shape index (κ1) is 9.46. The van der Waals surface area contributed by atoms with E-state index in [9.17, 15) is 0 Å². The van der Waals surface area contributed by atoms with E-state index in [2.05, 4.69) is 10.3 Å². The maximum absolute atomic E-state index is 6.04. The number of rotatable bonds is 4. The largest absolute Gasteiger partial charge is 0.383 e. The van der Waals surface area contributed by atoms with Crippen molar-refractivity contribution < 1.29 is 0 Å². The predicted molar refractivity (Wildman–Crippen MR) is 62.1 cm³/mol. The number of pyridine rings is 1. The summed E-state index contributed by atoms with van der Waals surface area (Å²) in [5.74, 6) is 0.991. The fourth-order valence-electron chi connectivity index (χ4n) is 2.38. The zero-order valence-corrected chi connectivity index (χ0v) is 9.43. The Morgan fingerprint density at radius 1 is 1.47 bits per heavy atom. The zero-order valence-electron chi connectivity index (χ0n) is 8.67. The molecule has 3 heteroatoms. The smallest absolute Gasteiger partial charge is 0.0820 e. The predicted octanol–water partition coefficient (Wildman–Crippen LogP) is 3.34. The van der Waals surface area contributed by atoms with Crippen LogP contribution in [0.25, 0.3) is 0 Å². The van der Waals surface area contributed by atoms with E-state index >= 15 is 0 Å². The highest BCUT2D eigenvalue weighted by atomic mass is 35.5. The summed E-state index contributed by atoms with van der Waals surface area (Å²) in [5, 5.41) is 4.19. The molecule has 1 heterocycles. The van der Waals surface area contributed by atoms with Gasteiger partial charge in [0.2, 0.25) is 0 Å². The van der Waals surface area contributed by atoms with Crippen molar-refractivity contribution in [3.63, 3.8) is 0 Å². The minimum atomic E-state index is 0.618. The number of halogens is 1. The molecule has 0 amide bonds. The second kappa shape index (κ2) is 3.38. The minimum absolute atomic E-state index is 0.618. The van der Waals surface area contributed by atoms with Gasteiger partial charge in [0.1, 0.15) is 0 Å². The Hall–Kier alpha value is -0.760. The molecule has 0 unspecified atom stereocenters. The molecule has 2 aliphatic carbocycles. The highest BCUT2D eigenvalue weighted by molar-refractivity contribution is 6.33. The molecule has 0 radical (unpaired) electrons. The maximum atomic E-state index is 6.04. The fourth-order valence-corrected chi connectivity index (χ4v) is 2.56. The first-order valence-corrected chi connectivity index (χ1v) is 6.01. The van der Waals surface area contributed by atoms with Crippen molar-refractivity contribution in [2.24, 2.45) is 11.3 Å². The molecular weight excluding hydrogens is 208 g/mol. The Labute approximate surface area is 95.0 Å². The first-order valence-electron chi connectivity index (χ1n) is 5.64. The molecule has 0 spiro atoms. The molecule has 0 bridgehead atoms. The SMILES string of the molecule is Clc1cnccc1NCC1(C2CC2)CC1. The van der Waals surface area contributed by atoms with Gasteiger partial charge in [-0.05, 0) is 43.1 Å². The van der Waals surface area contributed by atoms with Gasteiger partial charge >= 0.3 is 0 Å². The summed E-state index contributed by atoms with van der Waals surface area (Å²) in [4.78, 5) is 3.98. The summed E-state index contributed by atoms with van der Waals surface area (Å²) in [7, 11) is 0. The molecule has 3 rings (SSSR count). The van der Waals surface area contributed by atoms with Crippen LogP contribution < -0.4 is 5.32 Å². The molecule has 1 N–H and O–H groups in total. The van der Waals surface area contributed by atoms with E-state index in [1.165, 1.54) is 25.7 Å². The van der Waals surface area contributed by atoms with Gasteiger partial charge in [0, 0.05) is 18.9 Å². The molecular formula is C12H15ClN2. The number of hydrogen-bond acceptors (Lipinski definition) is 2. The van der Waals surface area contributed by atoms with Gasteiger partial charge in [-0.2, -0.15) is 0 Å². The van der Waals surface area contributed by atoms with Crippen molar-refractivity contribution in [3.05, 3.63) is 23.5 Å². The monoisotopic (exact) mass is 222 g/mol. The van der Waals surface area contributed by atoms with Gasteiger partial charge in [0.25, 0.3) is 0 Å². The van der Waals surface area contributed by atoms with Crippen molar-refractivity contribution >= 4 is 17.3 Å². The van der Waals surface area contributed by atoms with Gasteiger partial charge in [-0.25, -0.2) is 0 Å². The van der Waals surface area contributed by atoms with E-state index in [0.29, 0.717) is 5.41 Å². The number of nitrogens with zero attached hydrogens (tertiary/aromatic N) is 1. The van der Waals surface area contributed by atoms with E-state index in [4.69, 9.17) is 11.6 Å². The fraction of sp³-hybridized carbons (Fsp3) is 0.583. The van der Waals surface area contributed by atoms with Crippen molar-refractivity contribution in [1.29, 1.82) is 0 Å².